The van der Waals surface area contributed by atoms with Gasteiger partial charge in [0, 0.05) is 0 Å². The van der Waals surface area contributed by atoms with E-state index in [2.05, 4.69) is 0 Å². The van der Waals surface area contributed by atoms with Crippen LogP contribution in [-0.4, -0.2) is 27.8 Å². The van der Waals surface area contributed by atoms with Crippen LogP contribution in [0.25, 0.3) is 5.69 Å². The van der Waals surface area contributed by atoms with Gasteiger partial charge in [-0.25, -0.2) is 9.48 Å². The molecule has 1 aromatic heterocycles. The summed E-state index contributed by atoms with van der Waals surface area (Å²) in [7, 11) is 0. The van der Waals surface area contributed by atoms with E-state index in [0.717, 1.165) is 4.68 Å². The lowest BCUT2D eigenvalue weighted by Gasteiger charge is -2.11. The van der Waals surface area contributed by atoms with Gasteiger partial charge >= 0.3 is 6.09 Å². The minimum Gasteiger partial charge on any atom is -0.448 e. The average molecular weight is 288 g/mol. The van der Waals surface area contributed by atoms with Crippen molar-refractivity contribution in [3.8, 4) is 5.69 Å². The van der Waals surface area contributed by atoms with E-state index >= 15 is 0 Å². The van der Waals surface area contributed by atoms with Gasteiger partial charge in [0.1, 0.15) is 5.56 Å². The van der Waals surface area contributed by atoms with Crippen molar-refractivity contribution < 1.29 is 14.3 Å². The zero-order chi connectivity index (χ0) is 15.6. The number of rotatable bonds is 3. The highest BCUT2D eigenvalue weighted by molar-refractivity contribution is 5.95. The zero-order valence-corrected chi connectivity index (χ0v) is 12.1. The first-order valence-electron chi connectivity index (χ1n) is 6.57. The molecule has 0 amide bonds. The molecular weight excluding hydrogens is 272 g/mol. The van der Waals surface area contributed by atoms with Crippen molar-refractivity contribution in [2.24, 2.45) is 0 Å². The van der Waals surface area contributed by atoms with E-state index in [1.54, 1.807) is 38.1 Å². The Morgan fingerprint density at radius 3 is 2.33 bits per heavy atom. The largest absolute Gasteiger partial charge is 0.448 e. The third-order valence-electron chi connectivity index (χ3n) is 3.08. The summed E-state index contributed by atoms with van der Waals surface area (Å²) in [5.41, 5.74) is 0.341. The third kappa shape index (κ3) is 2.52. The highest BCUT2D eigenvalue weighted by Gasteiger charge is 2.25. The first-order valence-corrected chi connectivity index (χ1v) is 6.57. The van der Waals surface area contributed by atoms with Crippen LogP contribution < -0.4 is 5.56 Å². The van der Waals surface area contributed by atoms with Crippen LogP contribution in [-0.2, 0) is 4.74 Å². The second-order valence-electron chi connectivity index (χ2n) is 4.48. The molecule has 1 aromatic carbocycles. The molecule has 6 heteroatoms. The van der Waals surface area contributed by atoms with Crippen LogP contribution in [0.5, 0.6) is 0 Å². The van der Waals surface area contributed by atoms with Gasteiger partial charge in [-0.05, 0) is 32.9 Å². The Kier molecular flexibility index (Phi) is 4.07. The maximum absolute atomic E-state index is 12.4. The molecule has 0 atom stereocenters. The molecule has 110 valence electrons. The molecule has 0 aliphatic heterocycles. The summed E-state index contributed by atoms with van der Waals surface area (Å²) >= 11 is 0. The van der Waals surface area contributed by atoms with Crippen LogP contribution in [0.15, 0.2) is 35.1 Å². The van der Waals surface area contributed by atoms with Gasteiger partial charge in [-0.15, -0.1) is 4.68 Å². The van der Waals surface area contributed by atoms with Crippen molar-refractivity contribution in [2.75, 3.05) is 6.61 Å². The highest BCUT2D eigenvalue weighted by Crippen LogP contribution is 2.14. The minimum absolute atomic E-state index is 0.00749. The third-order valence-corrected chi connectivity index (χ3v) is 3.08. The number of benzene rings is 1. The molecule has 2 rings (SSSR count). The summed E-state index contributed by atoms with van der Waals surface area (Å²) in [6.45, 7) is 4.71. The van der Waals surface area contributed by atoms with Crippen LogP contribution in [0.4, 0.5) is 4.79 Å². The molecule has 6 nitrogen and oxygen atoms in total. The Balaban J connectivity index is 2.79. The van der Waals surface area contributed by atoms with Gasteiger partial charge < -0.3 is 4.74 Å². The van der Waals surface area contributed by atoms with Crippen LogP contribution >= 0.6 is 0 Å². The fourth-order valence-corrected chi connectivity index (χ4v) is 2.24. The van der Waals surface area contributed by atoms with Gasteiger partial charge in [-0.2, -0.15) is 0 Å². The predicted molar refractivity (Wildman–Crippen MR) is 77.2 cm³/mol. The Labute approximate surface area is 121 Å². The van der Waals surface area contributed by atoms with Crippen LogP contribution in [0.3, 0.4) is 0 Å². The summed E-state index contributed by atoms with van der Waals surface area (Å²) < 4.78 is 7.16. The van der Waals surface area contributed by atoms with Crippen LogP contribution in [0.1, 0.15) is 29.9 Å². The van der Waals surface area contributed by atoms with Crippen molar-refractivity contribution in [1.29, 1.82) is 0 Å². The van der Waals surface area contributed by atoms with Gasteiger partial charge in [-0.1, -0.05) is 18.2 Å². The van der Waals surface area contributed by atoms with E-state index in [4.69, 9.17) is 4.74 Å². The Hall–Kier alpha value is -2.63. The highest BCUT2D eigenvalue weighted by atomic mass is 16.6. The number of ketones is 1. The van der Waals surface area contributed by atoms with Crippen molar-refractivity contribution in [3.05, 3.63) is 51.9 Å². The summed E-state index contributed by atoms with van der Waals surface area (Å²) in [6, 6.07) is 8.86. The predicted octanol–water partition coefficient (Wildman–Crippen LogP) is 2.15. The molecule has 0 saturated carbocycles. The molecule has 0 aliphatic rings. The van der Waals surface area contributed by atoms with Crippen molar-refractivity contribution in [1.82, 2.24) is 9.36 Å². The second-order valence-corrected chi connectivity index (χ2v) is 4.48. The van der Waals surface area contributed by atoms with E-state index in [1.165, 1.54) is 11.6 Å². The van der Waals surface area contributed by atoms with Crippen LogP contribution in [0, 0.1) is 6.92 Å². The minimum atomic E-state index is -0.804. The molecule has 0 fully saturated rings. The Morgan fingerprint density at radius 1 is 1.19 bits per heavy atom. The molecule has 0 spiro atoms. The average Bonchev–Trinajstić information content (AvgIpc) is 2.71. The molecule has 1 heterocycles. The molecular formula is C15H16N2O4. The summed E-state index contributed by atoms with van der Waals surface area (Å²) in [5, 5.41) is 0. The summed E-state index contributed by atoms with van der Waals surface area (Å²) in [4.78, 5) is 36.1. The smallest absolute Gasteiger partial charge is 0.436 e. The number of hydrogen-bond donors (Lipinski definition) is 0. The van der Waals surface area contributed by atoms with E-state index in [0.29, 0.717) is 11.4 Å². The fourth-order valence-electron chi connectivity index (χ4n) is 2.24. The molecule has 21 heavy (non-hydrogen) atoms. The second kappa shape index (κ2) is 5.78. The number of carbonyl (C=O) groups is 2. The molecule has 0 aliphatic carbocycles. The molecule has 0 N–H and O–H groups in total. The number of para-hydroxylation sites is 1. The molecule has 2 aromatic rings. The lowest BCUT2D eigenvalue weighted by molar-refractivity contribution is 0.101. The standard InChI is InChI=1S/C15H16N2O4/c1-4-21-15(20)17-14(19)13(11(3)18)10(2)16(17)12-8-6-5-7-9-12/h5-9H,4H2,1-3H3. The van der Waals surface area contributed by atoms with Gasteiger partial charge in [0.2, 0.25) is 0 Å². The SMILES string of the molecule is CCOC(=O)n1c(=O)c(C(C)=O)c(C)n1-c1ccccc1. The monoisotopic (exact) mass is 288 g/mol. The quantitative estimate of drug-likeness (QED) is 0.811. The number of Topliss-reactive ketones (excluding diaryl/α,β-unsaturated/α-hetero) is 1. The number of hydrogen-bond acceptors (Lipinski definition) is 4. The van der Waals surface area contributed by atoms with Gasteiger partial charge in [0.15, 0.2) is 5.78 Å². The lowest BCUT2D eigenvalue weighted by atomic mass is 10.2. The maximum atomic E-state index is 12.4. The number of nitrogens with zero attached hydrogens (tertiary/aromatic N) is 2. The Morgan fingerprint density at radius 2 is 1.81 bits per heavy atom. The van der Waals surface area contributed by atoms with Crippen molar-refractivity contribution >= 4 is 11.9 Å². The topological polar surface area (TPSA) is 70.3 Å². The van der Waals surface area contributed by atoms with Gasteiger partial charge in [0.05, 0.1) is 18.0 Å². The van der Waals surface area contributed by atoms with E-state index in [-0.39, 0.29) is 18.0 Å². The number of carbonyl (C=O) groups excluding carboxylic acids is 2. The maximum Gasteiger partial charge on any atom is 0.436 e. The Bertz CT molecular complexity index is 741. The number of aromatic nitrogens is 2. The van der Waals surface area contributed by atoms with Gasteiger partial charge in [-0.3, -0.25) is 9.59 Å². The van der Waals surface area contributed by atoms with Crippen molar-refractivity contribution in [3.63, 3.8) is 0 Å². The summed E-state index contributed by atoms with van der Waals surface area (Å²) in [5.74, 6) is -0.384. The lowest BCUT2D eigenvalue weighted by Crippen LogP contribution is -2.31. The molecule has 0 saturated heterocycles. The van der Waals surface area contributed by atoms with Crippen LogP contribution in [0.2, 0.25) is 0 Å². The number of ether oxygens (including phenoxy) is 1. The van der Waals surface area contributed by atoms with Crippen molar-refractivity contribution in [2.45, 2.75) is 20.8 Å². The first kappa shape index (κ1) is 14.8. The normalized spacial score (nSPS) is 10.4. The fraction of sp³-hybridized carbons (Fsp3) is 0.267. The first-order chi connectivity index (χ1) is 9.99. The molecule has 0 unspecified atom stereocenters. The summed E-state index contributed by atoms with van der Waals surface area (Å²) in [6.07, 6.45) is -0.804. The molecule has 0 radical (unpaired) electrons. The van der Waals surface area contributed by atoms with E-state index in [9.17, 15) is 14.4 Å². The van der Waals surface area contributed by atoms with E-state index < -0.39 is 11.7 Å². The van der Waals surface area contributed by atoms with E-state index in [1.807, 2.05) is 6.07 Å². The van der Waals surface area contributed by atoms with Gasteiger partial charge in [0.25, 0.3) is 5.56 Å². The zero-order valence-electron chi connectivity index (χ0n) is 12.1. The molecule has 0 bridgehead atoms.